The maximum atomic E-state index is 11.9. The highest BCUT2D eigenvalue weighted by atomic mass is 35.5. The van der Waals surface area contributed by atoms with E-state index in [1.54, 1.807) is 0 Å². The maximum absolute atomic E-state index is 11.9. The Morgan fingerprint density at radius 2 is 1.58 bits per heavy atom. The molecule has 4 heteroatoms. The molecule has 0 aromatic carbocycles. The van der Waals surface area contributed by atoms with Crippen LogP contribution in [0.5, 0.6) is 0 Å². The van der Waals surface area contributed by atoms with Gasteiger partial charge in [0.2, 0.25) is 5.91 Å². The van der Waals surface area contributed by atoms with Gasteiger partial charge in [0, 0.05) is 19.6 Å². The molecular formula is C15H25ClN2O. The van der Waals surface area contributed by atoms with E-state index in [9.17, 15) is 4.79 Å². The fourth-order valence-electron chi connectivity index (χ4n) is 5.21. The van der Waals surface area contributed by atoms with E-state index in [0.29, 0.717) is 5.91 Å². The highest BCUT2D eigenvalue weighted by Crippen LogP contribution is 2.56. The van der Waals surface area contributed by atoms with Crippen molar-refractivity contribution in [1.82, 2.24) is 10.6 Å². The molecule has 0 radical (unpaired) electrons. The van der Waals surface area contributed by atoms with Gasteiger partial charge in [-0.2, -0.15) is 0 Å². The third-order valence-corrected chi connectivity index (χ3v) is 6.09. The SMILES string of the molecule is Cl.O=C(NCC1C2CC3CC(C2)CC1C3)C1CNC1. The predicted molar refractivity (Wildman–Crippen MR) is 77.2 cm³/mol. The summed E-state index contributed by atoms with van der Waals surface area (Å²) in [4.78, 5) is 11.9. The molecule has 0 aromatic heterocycles. The van der Waals surface area contributed by atoms with Crippen molar-refractivity contribution in [2.75, 3.05) is 19.6 Å². The molecular weight excluding hydrogens is 260 g/mol. The summed E-state index contributed by atoms with van der Waals surface area (Å²) in [5, 5.41) is 6.40. The van der Waals surface area contributed by atoms with Crippen LogP contribution < -0.4 is 10.6 Å². The second-order valence-electron chi connectivity index (χ2n) is 7.19. The first-order valence-electron chi connectivity index (χ1n) is 7.78. The van der Waals surface area contributed by atoms with Gasteiger partial charge in [0.15, 0.2) is 0 Å². The molecule has 1 heterocycles. The summed E-state index contributed by atoms with van der Waals surface area (Å²) < 4.78 is 0. The topological polar surface area (TPSA) is 41.1 Å². The molecule has 0 aromatic rings. The first-order valence-corrected chi connectivity index (χ1v) is 7.78. The molecule has 4 bridgehead atoms. The van der Waals surface area contributed by atoms with Crippen LogP contribution in [0, 0.1) is 35.5 Å². The zero-order valence-electron chi connectivity index (χ0n) is 11.4. The molecule has 4 saturated carbocycles. The second kappa shape index (κ2) is 5.25. The summed E-state index contributed by atoms with van der Waals surface area (Å²) >= 11 is 0. The monoisotopic (exact) mass is 284 g/mol. The lowest BCUT2D eigenvalue weighted by Gasteiger charge is -2.54. The van der Waals surface area contributed by atoms with Gasteiger partial charge in [0.25, 0.3) is 0 Å². The van der Waals surface area contributed by atoms with E-state index in [2.05, 4.69) is 10.6 Å². The summed E-state index contributed by atoms with van der Waals surface area (Å²) in [6.07, 6.45) is 7.34. The maximum Gasteiger partial charge on any atom is 0.225 e. The van der Waals surface area contributed by atoms with Crippen LogP contribution in [0.4, 0.5) is 0 Å². The molecule has 2 N–H and O–H groups in total. The number of hydrogen-bond acceptors (Lipinski definition) is 2. The summed E-state index contributed by atoms with van der Waals surface area (Å²) in [6.45, 7) is 2.73. The lowest BCUT2D eigenvalue weighted by molar-refractivity contribution is -0.127. The molecule has 0 spiro atoms. The van der Waals surface area contributed by atoms with E-state index in [1.165, 1.54) is 32.1 Å². The Kier molecular flexibility index (Phi) is 3.78. The van der Waals surface area contributed by atoms with Crippen molar-refractivity contribution in [3.8, 4) is 0 Å². The van der Waals surface area contributed by atoms with Crippen LogP contribution in [0.3, 0.4) is 0 Å². The number of rotatable bonds is 3. The van der Waals surface area contributed by atoms with Gasteiger partial charge in [-0.25, -0.2) is 0 Å². The Morgan fingerprint density at radius 1 is 1.00 bits per heavy atom. The minimum Gasteiger partial charge on any atom is -0.355 e. The van der Waals surface area contributed by atoms with Gasteiger partial charge in [-0.05, 0) is 61.7 Å². The Hall–Kier alpha value is -0.280. The molecule has 1 saturated heterocycles. The van der Waals surface area contributed by atoms with E-state index in [-0.39, 0.29) is 18.3 Å². The largest absolute Gasteiger partial charge is 0.355 e. The summed E-state index contributed by atoms with van der Waals surface area (Å²) in [7, 11) is 0. The Morgan fingerprint density at radius 3 is 2.05 bits per heavy atom. The van der Waals surface area contributed by atoms with Crippen molar-refractivity contribution in [1.29, 1.82) is 0 Å². The van der Waals surface area contributed by atoms with E-state index in [1.807, 2.05) is 0 Å². The molecule has 1 amide bonds. The zero-order valence-corrected chi connectivity index (χ0v) is 12.3. The molecule has 5 aliphatic rings. The first kappa shape index (κ1) is 13.7. The minimum absolute atomic E-state index is 0. The zero-order chi connectivity index (χ0) is 12.1. The molecule has 1 aliphatic heterocycles. The van der Waals surface area contributed by atoms with E-state index in [0.717, 1.165) is 49.2 Å². The third kappa shape index (κ3) is 2.40. The van der Waals surface area contributed by atoms with Crippen LogP contribution in [0.1, 0.15) is 32.1 Å². The van der Waals surface area contributed by atoms with E-state index in [4.69, 9.17) is 0 Å². The van der Waals surface area contributed by atoms with Gasteiger partial charge in [0.05, 0.1) is 5.92 Å². The van der Waals surface area contributed by atoms with Gasteiger partial charge < -0.3 is 10.6 Å². The summed E-state index contributed by atoms with van der Waals surface area (Å²) in [6, 6.07) is 0. The fraction of sp³-hybridized carbons (Fsp3) is 0.933. The van der Waals surface area contributed by atoms with E-state index >= 15 is 0 Å². The number of amides is 1. The van der Waals surface area contributed by atoms with Crippen LogP contribution in [0.2, 0.25) is 0 Å². The standard InChI is InChI=1S/C15H24N2O.ClH/c18-15(13-6-16-7-13)17-8-14-11-2-9-1-10(4-11)5-12(14)3-9;/h9-14,16H,1-8H2,(H,17,18);1H. The lowest BCUT2D eigenvalue weighted by atomic mass is 9.52. The normalized spacial score (nSPS) is 43.5. The highest BCUT2D eigenvalue weighted by molar-refractivity contribution is 5.85. The summed E-state index contributed by atoms with van der Waals surface area (Å²) in [5.41, 5.74) is 0. The Labute approximate surface area is 121 Å². The average molecular weight is 285 g/mol. The van der Waals surface area contributed by atoms with Gasteiger partial charge in [-0.3, -0.25) is 4.79 Å². The second-order valence-corrected chi connectivity index (χ2v) is 7.19. The molecule has 5 fully saturated rings. The number of carbonyl (C=O) groups is 1. The molecule has 5 rings (SSSR count). The van der Waals surface area contributed by atoms with Crippen LogP contribution in [0.25, 0.3) is 0 Å². The van der Waals surface area contributed by atoms with Crippen molar-refractivity contribution in [2.24, 2.45) is 35.5 Å². The van der Waals surface area contributed by atoms with Crippen LogP contribution in [0.15, 0.2) is 0 Å². The quantitative estimate of drug-likeness (QED) is 0.830. The molecule has 108 valence electrons. The van der Waals surface area contributed by atoms with Crippen LogP contribution in [-0.2, 0) is 4.79 Å². The number of carbonyl (C=O) groups excluding carboxylic acids is 1. The highest BCUT2D eigenvalue weighted by Gasteiger charge is 2.48. The van der Waals surface area contributed by atoms with Crippen LogP contribution >= 0.6 is 12.4 Å². The molecule has 0 unspecified atom stereocenters. The van der Waals surface area contributed by atoms with Crippen molar-refractivity contribution in [2.45, 2.75) is 32.1 Å². The van der Waals surface area contributed by atoms with Crippen LogP contribution in [-0.4, -0.2) is 25.5 Å². The molecule has 19 heavy (non-hydrogen) atoms. The number of hydrogen-bond donors (Lipinski definition) is 2. The van der Waals surface area contributed by atoms with E-state index < -0.39 is 0 Å². The van der Waals surface area contributed by atoms with Gasteiger partial charge in [0.1, 0.15) is 0 Å². The van der Waals surface area contributed by atoms with Crippen molar-refractivity contribution in [3.63, 3.8) is 0 Å². The molecule has 0 atom stereocenters. The van der Waals surface area contributed by atoms with Crippen molar-refractivity contribution >= 4 is 18.3 Å². The molecule has 4 aliphatic carbocycles. The fourth-order valence-corrected chi connectivity index (χ4v) is 5.21. The number of halogens is 1. The number of nitrogens with one attached hydrogen (secondary N) is 2. The van der Waals surface area contributed by atoms with Gasteiger partial charge >= 0.3 is 0 Å². The Balaban J connectivity index is 0.00000110. The van der Waals surface area contributed by atoms with Crippen molar-refractivity contribution in [3.05, 3.63) is 0 Å². The minimum atomic E-state index is 0. The van der Waals surface area contributed by atoms with Gasteiger partial charge in [-0.15, -0.1) is 12.4 Å². The molecule has 3 nitrogen and oxygen atoms in total. The van der Waals surface area contributed by atoms with Gasteiger partial charge in [-0.1, -0.05) is 0 Å². The summed E-state index contributed by atoms with van der Waals surface area (Å²) in [5.74, 6) is 5.28. The first-order chi connectivity index (χ1) is 8.79. The third-order valence-electron chi connectivity index (χ3n) is 6.09. The lowest BCUT2D eigenvalue weighted by Crippen LogP contribution is -2.53. The Bertz CT molecular complexity index is 328. The predicted octanol–water partition coefficient (Wildman–Crippen LogP) is 1.82. The average Bonchev–Trinajstić information content (AvgIpc) is 2.24. The van der Waals surface area contributed by atoms with Crippen molar-refractivity contribution < 1.29 is 4.79 Å². The smallest absolute Gasteiger partial charge is 0.225 e.